The van der Waals surface area contributed by atoms with Crippen molar-refractivity contribution in [2.24, 2.45) is 0 Å². The zero-order chi connectivity index (χ0) is 29.2. The van der Waals surface area contributed by atoms with Crippen LogP contribution in [0.3, 0.4) is 0 Å². The number of hydrogen-bond donors (Lipinski definition) is 0. The number of ether oxygens (including phenoxy) is 1. The number of aromatic nitrogens is 2. The minimum atomic E-state index is -4.58. The van der Waals surface area contributed by atoms with E-state index >= 15 is 0 Å². The first-order chi connectivity index (χ1) is 18.7. The Hall–Kier alpha value is -3.98. The van der Waals surface area contributed by atoms with Crippen LogP contribution in [0.4, 0.5) is 13.2 Å². The van der Waals surface area contributed by atoms with Gasteiger partial charge in [0.2, 0.25) is 5.82 Å². The molecule has 0 aliphatic heterocycles. The number of hydrogen-bond acceptors (Lipinski definition) is 6. The molecule has 0 fully saturated rings. The molecule has 1 heterocycles. The molecule has 0 aliphatic carbocycles. The van der Waals surface area contributed by atoms with Crippen LogP contribution in [-0.2, 0) is 15.7 Å². The number of halogens is 3. The van der Waals surface area contributed by atoms with Gasteiger partial charge in [0.15, 0.2) is 0 Å². The first-order valence-corrected chi connectivity index (χ1v) is 12.9. The van der Waals surface area contributed by atoms with Crippen molar-refractivity contribution < 1.29 is 27.2 Å². The molecule has 4 aromatic rings. The van der Waals surface area contributed by atoms with Crippen molar-refractivity contribution in [3.8, 4) is 34.0 Å². The zero-order valence-electron chi connectivity index (χ0n) is 23.3. The summed E-state index contributed by atoms with van der Waals surface area (Å²) >= 11 is 0. The predicted molar refractivity (Wildman–Crippen MR) is 147 cm³/mol. The third kappa shape index (κ3) is 6.77. The number of likely N-dealkylation sites (N-methyl/N-ethyl adjacent to an activating group) is 1. The SMILES string of the molecule is Cc1ccccc1-c1ccc(-c2nc(-c3cccc(C(C)N(C)CC(=O)OC(C)(C)C)c3)no2)cc1C(F)(F)F. The molecule has 1 aromatic heterocycles. The lowest BCUT2D eigenvalue weighted by Crippen LogP contribution is -2.34. The molecule has 0 N–H and O–H groups in total. The van der Waals surface area contributed by atoms with E-state index in [4.69, 9.17) is 9.26 Å². The number of carbonyl (C=O) groups is 1. The molecule has 0 amide bonds. The maximum atomic E-state index is 14.1. The van der Waals surface area contributed by atoms with E-state index in [0.717, 1.165) is 17.2 Å². The largest absolute Gasteiger partial charge is 0.459 e. The van der Waals surface area contributed by atoms with Gasteiger partial charge in [-0.15, -0.1) is 0 Å². The van der Waals surface area contributed by atoms with Gasteiger partial charge in [0.25, 0.3) is 5.89 Å². The van der Waals surface area contributed by atoms with Gasteiger partial charge in [-0.1, -0.05) is 53.7 Å². The van der Waals surface area contributed by atoms with Crippen LogP contribution in [-0.4, -0.2) is 40.2 Å². The van der Waals surface area contributed by atoms with Gasteiger partial charge >= 0.3 is 12.1 Å². The Morgan fingerprint density at radius 3 is 2.38 bits per heavy atom. The Labute approximate surface area is 231 Å². The van der Waals surface area contributed by atoms with Gasteiger partial charge in [-0.25, -0.2) is 0 Å². The fourth-order valence-electron chi connectivity index (χ4n) is 4.39. The molecule has 9 heteroatoms. The van der Waals surface area contributed by atoms with Crippen molar-refractivity contribution in [3.63, 3.8) is 0 Å². The maximum absolute atomic E-state index is 14.1. The summed E-state index contributed by atoms with van der Waals surface area (Å²) in [6, 6.07) is 18.3. The number of alkyl halides is 3. The average Bonchev–Trinajstić information content (AvgIpc) is 3.37. The topological polar surface area (TPSA) is 68.5 Å². The van der Waals surface area contributed by atoms with Gasteiger partial charge in [0.05, 0.1) is 12.1 Å². The van der Waals surface area contributed by atoms with Gasteiger partial charge in [-0.2, -0.15) is 18.2 Å². The van der Waals surface area contributed by atoms with Gasteiger partial charge in [0, 0.05) is 17.2 Å². The molecule has 0 spiro atoms. The summed E-state index contributed by atoms with van der Waals surface area (Å²) in [6.07, 6.45) is -4.58. The molecule has 0 bridgehead atoms. The molecule has 1 unspecified atom stereocenters. The van der Waals surface area contributed by atoms with Crippen molar-refractivity contribution >= 4 is 5.97 Å². The van der Waals surface area contributed by atoms with E-state index in [0.29, 0.717) is 11.1 Å². The van der Waals surface area contributed by atoms with E-state index in [1.807, 2.05) is 57.8 Å². The quantitative estimate of drug-likeness (QED) is 0.219. The maximum Gasteiger partial charge on any atom is 0.417 e. The van der Waals surface area contributed by atoms with Crippen LogP contribution >= 0.6 is 0 Å². The summed E-state index contributed by atoms with van der Waals surface area (Å²) < 4.78 is 53.0. The van der Waals surface area contributed by atoms with Crippen LogP contribution in [0.5, 0.6) is 0 Å². The van der Waals surface area contributed by atoms with Crippen molar-refractivity contribution in [3.05, 3.63) is 83.4 Å². The fourth-order valence-corrected chi connectivity index (χ4v) is 4.39. The molecular weight excluding hydrogens is 519 g/mol. The zero-order valence-corrected chi connectivity index (χ0v) is 23.3. The third-order valence-corrected chi connectivity index (χ3v) is 6.52. The van der Waals surface area contributed by atoms with E-state index in [9.17, 15) is 18.0 Å². The lowest BCUT2D eigenvalue weighted by molar-refractivity contribution is -0.156. The van der Waals surface area contributed by atoms with E-state index < -0.39 is 17.3 Å². The lowest BCUT2D eigenvalue weighted by Gasteiger charge is -2.26. The summed E-state index contributed by atoms with van der Waals surface area (Å²) in [4.78, 5) is 18.5. The number of esters is 1. The molecule has 6 nitrogen and oxygen atoms in total. The standard InChI is InChI=1S/C31H32F3N3O3/c1-19-10-7-8-13-24(19)25-15-14-23(17-26(25)31(32,33)34)29-35-28(36-40-29)22-12-9-11-21(16-22)20(2)37(6)18-27(38)39-30(3,4)5/h7-17,20H,18H2,1-6H3. The molecular formula is C31H32F3N3O3. The van der Waals surface area contributed by atoms with Crippen molar-refractivity contribution in [2.75, 3.05) is 13.6 Å². The van der Waals surface area contributed by atoms with Gasteiger partial charge in [-0.3, -0.25) is 9.69 Å². The molecule has 0 saturated heterocycles. The summed E-state index contributed by atoms with van der Waals surface area (Å²) in [5.41, 5.74) is 1.70. The third-order valence-electron chi connectivity index (χ3n) is 6.52. The average molecular weight is 552 g/mol. The van der Waals surface area contributed by atoms with Gasteiger partial charge < -0.3 is 9.26 Å². The minimum Gasteiger partial charge on any atom is -0.459 e. The first kappa shape index (κ1) is 29.0. The summed E-state index contributed by atoms with van der Waals surface area (Å²) in [6.45, 7) is 9.30. The van der Waals surface area contributed by atoms with Crippen LogP contribution in [0.25, 0.3) is 34.0 Å². The first-order valence-electron chi connectivity index (χ1n) is 12.9. The molecule has 0 saturated carbocycles. The molecule has 4 rings (SSSR count). The van der Waals surface area contributed by atoms with Crippen molar-refractivity contribution in [1.82, 2.24) is 15.0 Å². The number of benzene rings is 3. The monoisotopic (exact) mass is 551 g/mol. The Morgan fingerprint density at radius 1 is 0.975 bits per heavy atom. The Balaban J connectivity index is 1.59. The predicted octanol–water partition coefficient (Wildman–Crippen LogP) is 7.73. The van der Waals surface area contributed by atoms with Crippen molar-refractivity contribution in [2.45, 2.75) is 52.4 Å². The second-order valence-corrected chi connectivity index (χ2v) is 10.8. The molecule has 1 atom stereocenters. The normalized spacial score (nSPS) is 12.9. The van der Waals surface area contributed by atoms with E-state index in [1.165, 1.54) is 6.07 Å². The van der Waals surface area contributed by atoms with Crippen LogP contribution in [0.15, 0.2) is 71.3 Å². The van der Waals surface area contributed by atoms with Gasteiger partial charge in [0.1, 0.15) is 5.60 Å². The molecule has 3 aromatic carbocycles. The minimum absolute atomic E-state index is 0.0164. The number of nitrogens with zero attached hydrogens (tertiary/aromatic N) is 3. The number of rotatable bonds is 7. The molecule has 40 heavy (non-hydrogen) atoms. The molecule has 0 radical (unpaired) electrons. The summed E-state index contributed by atoms with van der Waals surface area (Å²) in [7, 11) is 1.83. The van der Waals surface area contributed by atoms with E-state index in [2.05, 4.69) is 10.1 Å². The molecule has 210 valence electrons. The van der Waals surface area contributed by atoms with E-state index in [1.54, 1.807) is 43.3 Å². The van der Waals surface area contributed by atoms with Gasteiger partial charge in [-0.05, 0) is 82.1 Å². The fraction of sp³-hybridized carbons (Fsp3) is 0.323. The van der Waals surface area contributed by atoms with Crippen LogP contribution < -0.4 is 0 Å². The Bertz CT molecular complexity index is 1510. The Morgan fingerprint density at radius 2 is 1.70 bits per heavy atom. The molecule has 0 aliphatic rings. The highest BCUT2D eigenvalue weighted by atomic mass is 19.4. The van der Waals surface area contributed by atoms with Crippen molar-refractivity contribution in [1.29, 1.82) is 0 Å². The van der Waals surface area contributed by atoms with Crippen LogP contribution in [0, 0.1) is 6.92 Å². The van der Waals surface area contributed by atoms with E-state index in [-0.39, 0.29) is 41.4 Å². The highest BCUT2D eigenvalue weighted by Gasteiger charge is 2.35. The highest BCUT2D eigenvalue weighted by molar-refractivity contribution is 5.75. The number of aryl methyl sites for hydroxylation is 1. The van der Waals surface area contributed by atoms with Crippen LogP contribution in [0.2, 0.25) is 0 Å². The van der Waals surface area contributed by atoms with Crippen LogP contribution in [0.1, 0.15) is 50.4 Å². The highest BCUT2D eigenvalue weighted by Crippen LogP contribution is 2.40. The Kier molecular flexibility index (Phi) is 8.16. The summed E-state index contributed by atoms with van der Waals surface area (Å²) in [5.74, 6) is -0.0970. The smallest absolute Gasteiger partial charge is 0.417 e. The second-order valence-electron chi connectivity index (χ2n) is 10.8. The second kappa shape index (κ2) is 11.3. The number of carbonyl (C=O) groups excluding carboxylic acids is 1. The summed E-state index contributed by atoms with van der Waals surface area (Å²) in [5, 5.41) is 4.03. The lowest BCUT2D eigenvalue weighted by atomic mass is 9.94.